The van der Waals surface area contributed by atoms with Gasteiger partial charge in [-0.3, -0.25) is 19.3 Å². The third-order valence-corrected chi connectivity index (χ3v) is 9.48. The first-order chi connectivity index (χ1) is 21.5. The van der Waals surface area contributed by atoms with Crippen LogP contribution >= 0.6 is 11.8 Å². The van der Waals surface area contributed by atoms with Gasteiger partial charge in [-0.25, -0.2) is 13.5 Å². The highest BCUT2D eigenvalue weighted by atomic mass is 32.2. The summed E-state index contributed by atoms with van der Waals surface area (Å²) in [6.45, 7) is 0.762. The standard InChI is InChI=1S/C32H24F2N6O3S/c33-23-11-10-20-22(27(23)34)18-44-26-9-5-4-8-21(26)28(20)40-31-24-16-35-36-38(24)15-14-37(31)32(42)29-30(25(41)12-13-39(29)40)43-17-19-6-2-1-3-7-19/h1-13,16,28,31H,14-15,17-18H2/t28-,31?/m1/s1. The average molecular weight is 611 g/mol. The van der Waals surface area contributed by atoms with Crippen LogP contribution in [0.25, 0.3) is 0 Å². The molecular formula is C32H24F2N6O3S. The van der Waals surface area contributed by atoms with Gasteiger partial charge in [0.05, 0.1) is 18.8 Å². The lowest BCUT2D eigenvalue weighted by Crippen LogP contribution is -2.60. The molecule has 0 N–H and O–H groups in total. The maximum atomic E-state index is 15.5. The van der Waals surface area contributed by atoms with Crippen molar-refractivity contribution in [1.82, 2.24) is 24.6 Å². The van der Waals surface area contributed by atoms with Crippen molar-refractivity contribution in [2.45, 2.75) is 36.0 Å². The number of hydrogen-bond acceptors (Lipinski definition) is 7. The van der Waals surface area contributed by atoms with Crippen molar-refractivity contribution in [3.63, 3.8) is 0 Å². The van der Waals surface area contributed by atoms with Crippen LogP contribution < -0.4 is 15.2 Å². The predicted octanol–water partition coefficient (Wildman–Crippen LogP) is 4.80. The molecule has 44 heavy (non-hydrogen) atoms. The topological polar surface area (TPSA) is 85.5 Å². The monoisotopic (exact) mass is 610 g/mol. The van der Waals surface area contributed by atoms with Crippen LogP contribution in [0.5, 0.6) is 5.75 Å². The Bertz CT molecular complexity index is 2000. The van der Waals surface area contributed by atoms with Crippen molar-refractivity contribution in [3.05, 3.63) is 141 Å². The van der Waals surface area contributed by atoms with E-state index in [0.717, 1.165) is 22.1 Å². The number of rotatable bonds is 4. The molecule has 3 aliphatic heterocycles. The first kappa shape index (κ1) is 26.6. The van der Waals surface area contributed by atoms with Crippen molar-refractivity contribution >= 4 is 17.7 Å². The summed E-state index contributed by atoms with van der Waals surface area (Å²) in [6, 6.07) is 20.5. The number of aromatic nitrogens is 4. The Hall–Kier alpha value is -4.97. The van der Waals surface area contributed by atoms with Crippen molar-refractivity contribution < 1.29 is 18.3 Å². The largest absolute Gasteiger partial charge is 0.482 e. The number of amides is 1. The van der Waals surface area contributed by atoms with Gasteiger partial charge in [-0.1, -0.05) is 59.8 Å². The third-order valence-electron chi connectivity index (χ3n) is 8.36. The highest BCUT2D eigenvalue weighted by Crippen LogP contribution is 2.48. The van der Waals surface area contributed by atoms with E-state index in [4.69, 9.17) is 4.74 Å². The molecule has 0 radical (unpaired) electrons. The Labute approximate surface area is 254 Å². The molecule has 5 aromatic rings. The van der Waals surface area contributed by atoms with Crippen LogP contribution in [0.2, 0.25) is 0 Å². The van der Waals surface area contributed by atoms with Crippen LogP contribution in [-0.4, -0.2) is 37.0 Å². The van der Waals surface area contributed by atoms with Gasteiger partial charge >= 0.3 is 0 Å². The van der Waals surface area contributed by atoms with E-state index in [1.807, 2.05) is 59.6 Å². The molecule has 2 aromatic heterocycles. The number of ether oxygens (including phenoxy) is 1. The first-order valence-electron chi connectivity index (χ1n) is 14.1. The van der Waals surface area contributed by atoms with Gasteiger partial charge in [0.1, 0.15) is 12.3 Å². The molecule has 1 unspecified atom stereocenters. The molecule has 3 aliphatic rings. The van der Waals surface area contributed by atoms with Crippen molar-refractivity contribution in [3.8, 4) is 5.75 Å². The molecule has 5 heterocycles. The van der Waals surface area contributed by atoms with E-state index in [2.05, 4.69) is 10.3 Å². The fourth-order valence-electron chi connectivity index (χ4n) is 6.35. The lowest BCUT2D eigenvalue weighted by Gasteiger charge is -2.51. The van der Waals surface area contributed by atoms with Gasteiger partial charge in [-0.15, -0.1) is 16.9 Å². The van der Waals surface area contributed by atoms with Gasteiger partial charge in [-0.05, 0) is 28.8 Å². The van der Waals surface area contributed by atoms with Gasteiger partial charge in [0.15, 0.2) is 29.2 Å². The number of thioether (sulfide) groups is 1. The fraction of sp³-hybridized carbons (Fsp3) is 0.188. The SMILES string of the molecule is O=C1c2c(OCc3ccccc3)c(=O)ccn2N([C@H]2c3ccccc3SCc3c2ccc(F)c3F)C2c3cnnn3CCN12. The maximum Gasteiger partial charge on any atom is 0.278 e. The molecule has 0 saturated carbocycles. The van der Waals surface area contributed by atoms with Crippen LogP contribution in [0.3, 0.4) is 0 Å². The van der Waals surface area contributed by atoms with E-state index in [-0.39, 0.29) is 41.8 Å². The van der Waals surface area contributed by atoms with E-state index in [9.17, 15) is 14.0 Å². The second kappa shape index (κ2) is 10.3. The number of nitrogens with zero attached hydrogens (tertiary/aromatic N) is 6. The number of hydrogen-bond donors (Lipinski definition) is 0. The highest BCUT2D eigenvalue weighted by Gasteiger charge is 2.48. The lowest BCUT2D eigenvalue weighted by atomic mass is 9.92. The minimum Gasteiger partial charge on any atom is -0.482 e. The van der Waals surface area contributed by atoms with Crippen LogP contribution in [-0.2, 0) is 18.9 Å². The number of pyridine rings is 1. The van der Waals surface area contributed by atoms with Crippen LogP contribution in [0.4, 0.5) is 8.78 Å². The smallest absolute Gasteiger partial charge is 0.278 e. The highest BCUT2D eigenvalue weighted by molar-refractivity contribution is 7.98. The molecule has 8 rings (SSSR count). The second-order valence-electron chi connectivity index (χ2n) is 10.8. The zero-order valence-electron chi connectivity index (χ0n) is 23.1. The van der Waals surface area contributed by atoms with E-state index >= 15 is 4.39 Å². The molecule has 2 atom stereocenters. The van der Waals surface area contributed by atoms with E-state index in [0.29, 0.717) is 17.8 Å². The summed E-state index contributed by atoms with van der Waals surface area (Å²) in [5.74, 6) is -2.08. The molecule has 9 nitrogen and oxygen atoms in total. The summed E-state index contributed by atoms with van der Waals surface area (Å²) in [5, 5.41) is 10.3. The Morgan fingerprint density at radius 3 is 2.61 bits per heavy atom. The van der Waals surface area contributed by atoms with Crippen LogP contribution in [0, 0.1) is 11.6 Å². The second-order valence-corrected chi connectivity index (χ2v) is 11.8. The number of carbonyl (C=O) groups excluding carboxylic acids is 1. The minimum atomic E-state index is -0.926. The van der Waals surface area contributed by atoms with E-state index in [1.165, 1.54) is 17.8 Å². The number of fused-ring (bicyclic) bond motifs is 6. The fourth-order valence-corrected chi connectivity index (χ4v) is 7.47. The number of halogens is 2. The molecule has 220 valence electrons. The molecule has 0 spiro atoms. The average Bonchev–Trinajstić information content (AvgIpc) is 3.47. The van der Waals surface area contributed by atoms with E-state index < -0.39 is 29.3 Å². The molecule has 0 fully saturated rings. The molecule has 0 aliphatic carbocycles. The van der Waals surface area contributed by atoms with Crippen molar-refractivity contribution in [1.29, 1.82) is 0 Å². The molecule has 0 saturated heterocycles. The summed E-state index contributed by atoms with van der Waals surface area (Å²) in [5.41, 5.74) is 2.75. The van der Waals surface area contributed by atoms with Gasteiger partial charge in [0, 0.05) is 35.0 Å². The molecule has 12 heteroatoms. The van der Waals surface area contributed by atoms with Gasteiger partial charge in [0.25, 0.3) is 5.91 Å². The van der Waals surface area contributed by atoms with Crippen molar-refractivity contribution in [2.24, 2.45) is 0 Å². The van der Waals surface area contributed by atoms with Crippen molar-refractivity contribution in [2.75, 3.05) is 11.6 Å². The molecule has 1 amide bonds. The summed E-state index contributed by atoms with van der Waals surface area (Å²) in [4.78, 5) is 30.3. The number of carbonyl (C=O) groups is 1. The molecule has 3 aromatic carbocycles. The van der Waals surface area contributed by atoms with Crippen LogP contribution in [0.1, 0.15) is 50.6 Å². The molecular weight excluding hydrogens is 586 g/mol. The quantitative estimate of drug-likeness (QED) is 0.289. The number of benzene rings is 3. The zero-order valence-corrected chi connectivity index (χ0v) is 24.0. The third kappa shape index (κ3) is 4.04. The maximum absolute atomic E-state index is 15.5. The first-order valence-corrected chi connectivity index (χ1v) is 15.1. The van der Waals surface area contributed by atoms with Gasteiger partial charge in [0.2, 0.25) is 5.43 Å². The summed E-state index contributed by atoms with van der Waals surface area (Å²) >= 11 is 1.42. The zero-order chi connectivity index (χ0) is 29.9. The van der Waals surface area contributed by atoms with E-state index in [1.54, 1.807) is 32.7 Å². The predicted molar refractivity (Wildman–Crippen MR) is 158 cm³/mol. The molecule has 0 bridgehead atoms. The lowest BCUT2D eigenvalue weighted by molar-refractivity contribution is 0.0461. The normalized spacial score (nSPS) is 18.5. The van der Waals surface area contributed by atoms with Crippen LogP contribution in [0.15, 0.2) is 94.9 Å². The van der Waals surface area contributed by atoms with Gasteiger partial charge in [-0.2, -0.15) is 0 Å². The Morgan fingerprint density at radius 2 is 1.75 bits per heavy atom. The summed E-state index contributed by atoms with van der Waals surface area (Å²) in [6.07, 6.45) is 2.43. The van der Waals surface area contributed by atoms with Gasteiger partial charge < -0.3 is 9.64 Å². The Balaban J connectivity index is 1.40. The minimum absolute atomic E-state index is 0.0594. The summed E-state index contributed by atoms with van der Waals surface area (Å²) < 4.78 is 39.7. The Kier molecular flexibility index (Phi) is 6.26. The Morgan fingerprint density at radius 1 is 0.932 bits per heavy atom. The summed E-state index contributed by atoms with van der Waals surface area (Å²) in [7, 11) is 0.